The molecule has 18 heavy (non-hydrogen) atoms. The van der Waals surface area contributed by atoms with E-state index >= 15 is 0 Å². The lowest BCUT2D eigenvalue weighted by atomic mass is 9.93. The van der Waals surface area contributed by atoms with Crippen LogP contribution in [0, 0.1) is 6.92 Å². The van der Waals surface area contributed by atoms with Gasteiger partial charge in [-0.05, 0) is 24.6 Å². The first-order valence-corrected chi connectivity index (χ1v) is 6.38. The first-order chi connectivity index (χ1) is 8.50. The number of nitrogen functional groups attached to an aromatic ring is 1. The Hall–Kier alpha value is -1.26. The number of aryl methyl sites for hydroxylation is 1. The molecule has 1 aliphatic rings. The molecule has 4 nitrogen and oxygen atoms in total. The van der Waals surface area contributed by atoms with E-state index in [1.54, 1.807) is 0 Å². The fraction of sp³-hybridized carbons (Fsp3) is 0.571. The maximum absolute atomic E-state index is 10.5. The van der Waals surface area contributed by atoms with Gasteiger partial charge in [-0.25, -0.2) is 0 Å². The Morgan fingerprint density at radius 3 is 2.67 bits per heavy atom. The predicted molar refractivity (Wildman–Crippen MR) is 73.9 cm³/mol. The minimum absolute atomic E-state index is 0.610. The molecule has 0 saturated carbocycles. The summed E-state index contributed by atoms with van der Waals surface area (Å²) >= 11 is 0. The van der Waals surface area contributed by atoms with Crippen molar-refractivity contribution in [1.82, 2.24) is 0 Å². The molecule has 0 spiro atoms. The van der Waals surface area contributed by atoms with Crippen LogP contribution in [0.25, 0.3) is 0 Å². The Bertz CT molecular complexity index is 414. The zero-order valence-electron chi connectivity index (χ0n) is 11.1. The van der Waals surface area contributed by atoms with E-state index in [4.69, 9.17) is 10.5 Å². The van der Waals surface area contributed by atoms with Crippen LogP contribution >= 0.6 is 0 Å². The molecule has 2 rings (SSSR count). The highest BCUT2D eigenvalue weighted by Crippen LogP contribution is 2.25. The summed E-state index contributed by atoms with van der Waals surface area (Å²) in [6.07, 6.45) is 1.39. The predicted octanol–water partition coefficient (Wildman–Crippen LogP) is 1.55. The topological polar surface area (TPSA) is 58.7 Å². The third-order valence-electron chi connectivity index (χ3n) is 3.66. The molecule has 0 radical (unpaired) electrons. The van der Waals surface area contributed by atoms with Crippen molar-refractivity contribution in [3.63, 3.8) is 0 Å². The van der Waals surface area contributed by atoms with Gasteiger partial charge in [0.15, 0.2) is 0 Å². The van der Waals surface area contributed by atoms with E-state index in [-0.39, 0.29) is 0 Å². The number of nitrogens with zero attached hydrogens (tertiary/aromatic N) is 1. The van der Waals surface area contributed by atoms with E-state index in [0.717, 1.165) is 16.9 Å². The first kappa shape index (κ1) is 13.2. The molecule has 4 heteroatoms. The summed E-state index contributed by atoms with van der Waals surface area (Å²) in [4.78, 5) is 2.06. The third-order valence-corrected chi connectivity index (χ3v) is 3.66. The molecule has 1 aliphatic heterocycles. The largest absolute Gasteiger partial charge is 0.398 e. The van der Waals surface area contributed by atoms with Crippen molar-refractivity contribution in [2.45, 2.75) is 25.4 Å². The molecule has 0 amide bonds. The Morgan fingerprint density at radius 1 is 1.39 bits per heavy atom. The molecule has 0 unspecified atom stereocenters. The molecular formula is C14H22N2O2. The van der Waals surface area contributed by atoms with Gasteiger partial charge < -0.3 is 20.5 Å². The van der Waals surface area contributed by atoms with Gasteiger partial charge in [0.1, 0.15) is 0 Å². The number of nitrogens with two attached hydrogens (primary N) is 1. The van der Waals surface area contributed by atoms with Crippen LogP contribution in [0.1, 0.15) is 18.4 Å². The summed E-state index contributed by atoms with van der Waals surface area (Å²) in [6, 6.07) is 6.00. The van der Waals surface area contributed by atoms with Crippen molar-refractivity contribution in [3.05, 3.63) is 23.8 Å². The van der Waals surface area contributed by atoms with Crippen LogP contribution in [-0.4, -0.2) is 37.5 Å². The average Bonchev–Trinajstić information content (AvgIpc) is 2.33. The van der Waals surface area contributed by atoms with Gasteiger partial charge in [0.2, 0.25) is 0 Å². The molecule has 1 aromatic carbocycles. The van der Waals surface area contributed by atoms with Gasteiger partial charge in [-0.1, -0.05) is 6.07 Å². The van der Waals surface area contributed by atoms with Gasteiger partial charge in [-0.15, -0.1) is 0 Å². The molecule has 0 atom stereocenters. The standard InChI is InChI=1S/C14H22N2O2/c1-11-3-4-12(9-13(11)15)16(2)10-14(17)5-7-18-8-6-14/h3-4,9,17H,5-8,10,15H2,1-2H3. The maximum Gasteiger partial charge on any atom is 0.0865 e. The van der Waals surface area contributed by atoms with Crippen molar-refractivity contribution in [3.8, 4) is 0 Å². The number of rotatable bonds is 3. The molecule has 0 bridgehead atoms. The quantitative estimate of drug-likeness (QED) is 0.799. The normalized spacial score (nSPS) is 18.6. The van der Waals surface area contributed by atoms with Gasteiger partial charge in [0, 0.05) is 51.0 Å². The number of aliphatic hydroxyl groups is 1. The van der Waals surface area contributed by atoms with E-state index in [0.29, 0.717) is 32.6 Å². The third kappa shape index (κ3) is 2.94. The fourth-order valence-electron chi connectivity index (χ4n) is 2.31. The van der Waals surface area contributed by atoms with Crippen LogP contribution in [0.15, 0.2) is 18.2 Å². The smallest absolute Gasteiger partial charge is 0.0865 e. The fourth-order valence-corrected chi connectivity index (χ4v) is 2.31. The zero-order chi connectivity index (χ0) is 13.2. The van der Waals surface area contributed by atoms with Crippen LogP contribution in [-0.2, 0) is 4.74 Å². The van der Waals surface area contributed by atoms with Crippen LogP contribution in [0.4, 0.5) is 11.4 Å². The van der Waals surface area contributed by atoms with E-state index in [1.807, 2.05) is 32.2 Å². The number of benzene rings is 1. The number of ether oxygens (including phenoxy) is 1. The van der Waals surface area contributed by atoms with Gasteiger partial charge in [-0.2, -0.15) is 0 Å². The van der Waals surface area contributed by atoms with Crippen LogP contribution in [0.5, 0.6) is 0 Å². The first-order valence-electron chi connectivity index (χ1n) is 6.38. The van der Waals surface area contributed by atoms with Crippen LogP contribution < -0.4 is 10.6 Å². The van der Waals surface area contributed by atoms with Crippen molar-refractivity contribution in [2.24, 2.45) is 0 Å². The lowest BCUT2D eigenvalue weighted by Gasteiger charge is -2.36. The van der Waals surface area contributed by atoms with Crippen LogP contribution in [0.3, 0.4) is 0 Å². The number of anilines is 2. The van der Waals surface area contributed by atoms with E-state index in [9.17, 15) is 5.11 Å². The molecule has 3 N–H and O–H groups in total. The van der Waals surface area contributed by atoms with Crippen molar-refractivity contribution in [1.29, 1.82) is 0 Å². The highest BCUT2D eigenvalue weighted by Gasteiger charge is 2.31. The number of likely N-dealkylation sites (N-methyl/N-ethyl adjacent to an activating group) is 1. The lowest BCUT2D eigenvalue weighted by molar-refractivity contribution is -0.0572. The Kier molecular flexibility index (Phi) is 3.78. The molecule has 100 valence electrons. The minimum Gasteiger partial charge on any atom is -0.398 e. The molecule has 0 aromatic heterocycles. The second kappa shape index (κ2) is 5.16. The van der Waals surface area contributed by atoms with E-state index in [2.05, 4.69) is 4.90 Å². The molecule has 1 saturated heterocycles. The minimum atomic E-state index is -0.646. The second-order valence-corrected chi connectivity index (χ2v) is 5.23. The molecule has 1 aromatic rings. The summed E-state index contributed by atoms with van der Waals surface area (Å²) < 4.78 is 5.29. The monoisotopic (exact) mass is 250 g/mol. The van der Waals surface area contributed by atoms with Crippen molar-refractivity contribution < 1.29 is 9.84 Å². The van der Waals surface area contributed by atoms with E-state index < -0.39 is 5.60 Å². The lowest BCUT2D eigenvalue weighted by Crippen LogP contribution is -2.45. The van der Waals surface area contributed by atoms with Gasteiger partial charge in [0.05, 0.1) is 5.60 Å². The summed E-state index contributed by atoms with van der Waals surface area (Å²) in [5.41, 5.74) is 8.18. The van der Waals surface area contributed by atoms with E-state index in [1.165, 1.54) is 0 Å². The van der Waals surface area contributed by atoms with Gasteiger partial charge >= 0.3 is 0 Å². The maximum atomic E-state index is 10.5. The molecule has 1 heterocycles. The zero-order valence-corrected chi connectivity index (χ0v) is 11.1. The van der Waals surface area contributed by atoms with Crippen molar-refractivity contribution in [2.75, 3.05) is 37.4 Å². The Morgan fingerprint density at radius 2 is 2.06 bits per heavy atom. The Balaban J connectivity index is 2.06. The second-order valence-electron chi connectivity index (χ2n) is 5.23. The summed E-state index contributed by atoms with van der Waals surface area (Å²) in [5, 5.41) is 10.5. The molecular weight excluding hydrogens is 228 g/mol. The molecule has 1 fully saturated rings. The van der Waals surface area contributed by atoms with Crippen LogP contribution in [0.2, 0.25) is 0 Å². The highest BCUT2D eigenvalue weighted by molar-refractivity contribution is 5.59. The van der Waals surface area contributed by atoms with Gasteiger partial charge in [0.25, 0.3) is 0 Å². The van der Waals surface area contributed by atoms with Gasteiger partial charge in [-0.3, -0.25) is 0 Å². The molecule has 0 aliphatic carbocycles. The average molecular weight is 250 g/mol. The summed E-state index contributed by atoms with van der Waals surface area (Å²) in [7, 11) is 1.98. The van der Waals surface area contributed by atoms with Crippen molar-refractivity contribution >= 4 is 11.4 Å². The Labute approximate surface area is 108 Å². The highest BCUT2D eigenvalue weighted by atomic mass is 16.5. The summed E-state index contributed by atoms with van der Waals surface area (Å²) in [5.74, 6) is 0. The number of hydrogen-bond acceptors (Lipinski definition) is 4. The summed E-state index contributed by atoms with van der Waals surface area (Å²) in [6.45, 7) is 3.88. The number of hydrogen-bond donors (Lipinski definition) is 2. The SMILES string of the molecule is Cc1ccc(N(C)CC2(O)CCOCC2)cc1N.